The molecule has 1 saturated carbocycles. The second-order valence-corrected chi connectivity index (χ2v) is 5.36. The van der Waals surface area contributed by atoms with Crippen LogP contribution >= 0.6 is 0 Å². The molecule has 0 aromatic carbocycles. The molecule has 2 amide bonds. The molecule has 0 radical (unpaired) electrons. The molecular weight excluding hydrogens is 276 g/mol. The highest BCUT2D eigenvalue weighted by molar-refractivity contribution is 5.95. The van der Waals surface area contributed by atoms with Gasteiger partial charge < -0.3 is 24.4 Å². The van der Waals surface area contributed by atoms with E-state index in [1.54, 1.807) is 12.0 Å². The fourth-order valence-corrected chi connectivity index (χ4v) is 2.31. The van der Waals surface area contributed by atoms with Crippen molar-refractivity contribution < 1.29 is 23.8 Å². The quantitative estimate of drug-likeness (QED) is 0.545. The molecule has 0 spiro atoms. The van der Waals surface area contributed by atoms with Crippen LogP contribution in [0.15, 0.2) is 0 Å². The average molecular weight is 300 g/mol. The lowest BCUT2D eigenvalue weighted by atomic mass is 10.1. The third-order valence-corrected chi connectivity index (χ3v) is 3.63. The van der Waals surface area contributed by atoms with Gasteiger partial charge in [0.1, 0.15) is 6.04 Å². The lowest BCUT2D eigenvalue weighted by Crippen LogP contribution is -2.59. The van der Waals surface area contributed by atoms with Crippen molar-refractivity contribution in [2.24, 2.45) is 5.92 Å². The number of carbonyl (C=O) groups excluding carboxylic acids is 2. The lowest BCUT2D eigenvalue weighted by Gasteiger charge is -2.32. The molecule has 7 nitrogen and oxygen atoms in total. The number of methoxy groups -OCH3 is 1. The van der Waals surface area contributed by atoms with Crippen molar-refractivity contribution in [2.75, 3.05) is 53.2 Å². The Bertz CT molecular complexity index is 359. The maximum Gasteiger partial charge on any atom is 0.245 e. The van der Waals surface area contributed by atoms with Gasteiger partial charge in [0.05, 0.1) is 39.6 Å². The molecule has 1 aliphatic carbocycles. The Kier molecular flexibility index (Phi) is 6.41. The van der Waals surface area contributed by atoms with Gasteiger partial charge in [0.25, 0.3) is 0 Å². The minimum Gasteiger partial charge on any atom is -0.382 e. The molecule has 1 saturated heterocycles. The summed E-state index contributed by atoms with van der Waals surface area (Å²) in [6.07, 6.45) is 2.06. The normalized spacial score (nSPS) is 22.5. The fourth-order valence-electron chi connectivity index (χ4n) is 2.31. The van der Waals surface area contributed by atoms with E-state index in [9.17, 15) is 9.59 Å². The highest BCUT2D eigenvalue weighted by Crippen LogP contribution is 2.34. The molecule has 21 heavy (non-hydrogen) atoms. The maximum atomic E-state index is 12.2. The monoisotopic (exact) mass is 300 g/mol. The number of nitrogens with zero attached hydrogens (tertiary/aromatic N) is 1. The number of amides is 2. The first-order valence-corrected chi connectivity index (χ1v) is 7.45. The van der Waals surface area contributed by atoms with Gasteiger partial charge in [-0.15, -0.1) is 0 Å². The Labute approximate surface area is 124 Å². The van der Waals surface area contributed by atoms with E-state index in [2.05, 4.69) is 5.32 Å². The first-order chi connectivity index (χ1) is 10.2. The van der Waals surface area contributed by atoms with Crippen LogP contribution in [0.3, 0.4) is 0 Å². The van der Waals surface area contributed by atoms with Gasteiger partial charge in [-0.25, -0.2) is 0 Å². The van der Waals surface area contributed by atoms with Crippen LogP contribution in [-0.4, -0.2) is 76.0 Å². The smallest absolute Gasteiger partial charge is 0.245 e. The summed E-state index contributed by atoms with van der Waals surface area (Å²) in [6, 6.07) is -0.316. The predicted octanol–water partition coefficient (Wildman–Crippen LogP) is -0.597. The summed E-state index contributed by atoms with van der Waals surface area (Å²) in [7, 11) is 1.63. The van der Waals surface area contributed by atoms with Crippen molar-refractivity contribution in [2.45, 2.75) is 18.9 Å². The van der Waals surface area contributed by atoms with Crippen LogP contribution in [0.4, 0.5) is 0 Å². The van der Waals surface area contributed by atoms with Crippen LogP contribution in [0, 0.1) is 5.92 Å². The Morgan fingerprint density at radius 1 is 1.10 bits per heavy atom. The Hall–Kier alpha value is -1.18. The summed E-state index contributed by atoms with van der Waals surface area (Å²) in [6.45, 7) is 3.10. The highest BCUT2D eigenvalue weighted by Gasteiger charge is 2.42. The number of hydrogen-bond acceptors (Lipinski definition) is 5. The zero-order chi connectivity index (χ0) is 15.1. The molecular formula is C14H24N2O5. The Morgan fingerprint density at radius 3 is 2.43 bits per heavy atom. The predicted molar refractivity (Wildman–Crippen MR) is 74.7 cm³/mol. The number of hydrogen-bond donors (Lipinski definition) is 1. The molecule has 2 fully saturated rings. The van der Waals surface area contributed by atoms with Crippen LogP contribution < -0.4 is 5.32 Å². The van der Waals surface area contributed by atoms with Gasteiger partial charge in [-0.1, -0.05) is 0 Å². The fraction of sp³-hybridized carbons (Fsp3) is 0.857. The Balaban J connectivity index is 1.58. The van der Waals surface area contributed by atoms with Crippen LogP contribution in [0.25, 0.3) is 0 Å². The number of ether oxygens (including phenoxy) is 3. The number of rotatable bonds is 10. The third kappa shape index (κ3) is 5.26. The summed E-state index contributed by atoms with van der Waals surface area (Å²) in [5, 5.41) is 2.79. The van der Waals surface area contributed by atoms with Crippen LogP contribution in [-0.2, 0) is 23.8 Å². The largest absolute Gasteiger partial charge is 0.382 e. The minimum atomic E-state index is -0.316. The van der Waals surface area contributed by atoms with E-state index in [-0.39, 0.29) is 24.4 Å². The van der Waals surface area contributed by atoms with Crippen LogP contribution in [0.5, 0.6) is 0 Å². The molecule has 2 aliphatic rings. The summed E-state index contributed by atoms with van der Waals surface area (Å²) in [5.41, 5.74) is 0. The molecule has 1 aliphatic heterocycles. The standard InChI is InChI=1S/C14H24N2O5/c1-19-6-7-21-9-8-20-5-4-16-10-12(17)15-13(14(16)18)11-2-3-11/h11,13H,2-10H2,1H3,(H,15,17). The van der Waals surface area contributed by atoms with E-state index in [4.69, 9.17) is 14.2 Å². The van der Waals surface area contributed by atoms with Crippen LogP contribution in [0.1, 0.15) is 12.8 Å². The minimum absolute atomic E-state index is 0.0250. The van der Waals surface area contributed by atoms with Crippen molar-refractivity contribution in [3.8, 4) is 0 Å². The number of carbonyl (C=O) groups is 2. The van der Waals surface area contributed by atoms with E-state index < -0.39 is 0 Å². The van der Waals surface area contributed by atoms with Crippen molar-refractivity contribution in [3.63, 3.8) is 0 Å². The van der Waals surface area contributed by atoms with Gasteiger partial charge in [-0.3, -0.25) is 9.59 Å². The molecule has 0 aromatic rings. The molecule has 7 heteroatoms. The zero-order valence-corrected chi connectivity index (χ0v) is 12.5. The van der Waals surface area contributed by atoms with Gasteiger partial charge in [-0.2, -0.15) is 0 Å². The molecule has 1 atom stereocenters. The summed E-state index contributed by atoms with van der Waals surface area (Å²) in [5.74, 6) is 0.283. The van der Waals surface area contributed by atoms with E-state index >= 15 is 0 Å². The summed E-state index contributed by atoms with van der Waals surface area (Å²) < 4.78 is 15.5. The molecule has 1 unspecified atom stereocenters. The van der Waals surface area contributed by atoms with Crippen molar-refractivity contribution in [1.29, 1.82) is 0 Å². The van der Waals surface area contributed by atoms with Gasteiger partial charge in [-0.05, 0) is 18.8 Å². The van der Waals surface area contributed by atoms with E-state index in [0.29, 0.717) is 45.5 Å². The first-order valence-electron chi connectivity index (χ1n) is 7.45. The van der Waals surface area contributed by atoms with Crippen molar-refractivity contribution in [3.05, 3.63) is 0 Å². The molecule has 2 rings (SSSR count). The number of piperazine rings is 1. The molecule has 0 bridgehead atoms. The van der Waals surface area contributed by atoms with Gasteiger partial charge in [0, 0.05) is 13.7 Å². The van der Waals surface area contributed by atoms with Crippen molar-refractivity contribution >= 4 is 11.8 Å². The zero-order valence-electron chi connectivity index (χ0n) is 12.5. The second kappa shape index (κ2) is 8.31. The average Bonchev–Trinajstić information content (AvgIpc) is 3.29. The second-order valence-electron chi connectivity index (χ2n) is 5.36. The molecule has 0 aromatic heterocycles. The SMILES string of the molecule is COCCOCCOCCN1CC(=O)NC(C2CC2)C1=O. The topological polar surface area (TPSA) is 77.1 Å². The van der Waals surface area contributed by atoms with Gasteiger partial charge in [0.15, 0.2) is 0 Å². The number of nitrogens with one attached hydrogen (secondary N) is 1. The maximum absolute atomic E-state index is 12.2. The molecule has 120 valence electrons. The van der Waals surface area contributed by atoms with Gasteiger partial charge >= 0.3 is 0 Å². The van der Waals surface area contributed by atoms with E-state index in [1.165, 1.54) is 0 Å². The summed E-state index contributed by atoms with van der Waals surface area (Å²) >= 11 is 0. The molecule has 1 heterocycles. The van der Waals surface area contributed by atoms with Crippen molar-refractivity contribution in [1.82, 2.24) is 10.2 Å². The lowest BCUT2D eigenvalue weighted by molar-refractivity contribution is -0.145. The first kappa shape index (κ1) is 16.2. The third-order valence-electron chi connectivity index (χ3n) is 3.63. The summed E-state index contributed by atoms with van der Waals surface area (Å²) in [4.78, 5) is 25.4. The van der Waals surface area contributed by atoms with E-state index in [0.717, 1.165) is 12.8 Å². The Morgan fingerprint density at radius 2 is 1.76 bits per heavy atom. The van der Waals surface area contributed by atoms with E-state index in [1.807, 2.05) is 0 Å². The highest BCUT2D eigenvalue weighted by atomic mass is 16.5. The van der Waals surface area contributed by atoms with Crippen LogP contribution in [0.2, 0.25) is 0 Å². The molecule has 1 N–H and O–H groups in total. The van der Waals surface area contributed by atoms with Gasteiger partial charge in [0.2, 0.25) is 11.8 Å².